The zero-order valence-electron chi connectivity index (χ0n) is 17.9. The van der Waals surface area contributed by atoms with Gasteiger partial charge in [0.15, 0.2) is 0 Å². The first-order chi connectivity index (χ1) is 16.4. The molecule has 33 heavy (non-hydrogen) atoms. The van der Waals surface area contributed by atoms with Gasteiger partial charge in [-0.15, -0.1) is 0 Å². The van der Waals surface area contributed by atoms with Crippen molar-refractivity contribution in [2.24, 2.45) is 0 Å². The quantitative estimate of drug-likeness (QED) is 0.276. The maximum Gasteiger partial charge on any atom is 0.0871 e. The van der Waals surface area contributed by atoms with Crippen molar-refractivity contribution in [1.29, 1.82) is 0 Å². The van der Waals surface area contributed by atoms with E-state index in [0.29, 0.717) is 0 Å². The summed E-state index contributed by atoms with van der Waals surface area (Å²) in [4.78, 5) is 4.76. The molecule has 2 nitrogen and oxygen atoms in total. The van der Waals surface area contributed by atoms with E-state index in [9.17, 15) is 0 Å². The van der Waals surface area contributed by atoms with E-state index in [1.807, 2.05) is 12.3 Å². The zero-order valence-corrected chi connectivity index (χ0v) is 17.9. The van der Waals surface area contributed by atoms with E-state index in [-0.39, 0.29) is 0 Å². The second kappa shape index (κ2) is 7.04. The van der Waals surface area contributed by atoms with Gasteiger partial charge in [-0.2, -0.15) is 0 Å². The minimum Gasteiger partial charge on any atom is -0.306 e. The lowest BCUT2D eigenvalue weighted by atomic mass is 9.97. The van der Waals surface area contributed by atoms with Crippen LogP contribution in [-0.2, 0) is 0 Å². The van der Waals surface area contributed by atoms with Gasteiger partial charge >= 0.3 is 0 Å². The Morgan fingerprint density at radius 1 is 0.485 bits per heavy atom. The monoisotopic (exact) mass is 420 g/mol. The van der Waals surface area contributed by atoms with E-state index in [4.69, 9.17) is 4.98 Å². The molecular formula is C31H20N2. The molecule has 0 aliphatic heterocycles. The largest absolute Gasteiger partial charge is 0.306 e. The van der Waals surface area contributed by atoms with E-state index >= 15 is 0 Å². The minimum atomic E-state index is 1.00. The topological polar surface area (TPSA) is 17.3 Å². The van der Waals surface area contributed by atoms with Gasteiger partial charge in [0.25, 0.3) is 0 Å². The Hall–Kier alpha value is -4.43. The Labute approximate surface area is 191 Å². The SMILES string of the molecule is c1ccc2cc(-c3ccc(-c4c5ccccc5n5c4cnc4ccccc45)cc3)ccc2c1. The zero-order chi connectivity index (χ0) is 21.8. The Bertz CT molecular complexity index is 1810. The Balaban J connectivity index is 1.43. The lowest BCUT2D eigenvalue weighted by molar-refractivity contribution is 1.27. The van der Waals surface area contributed by atoms with Crippen molar-refractivity contribution in [2.75, 3.05) is 0 Å². The van der Waals surface area contributed by atoms with Crippen LogP contribution in [0.25, 0.3) is 60.5 Å². The maximum absolute atomic E-state index is 4.76. The fourth-order valence-electron chi connectivity index (χ4n) is 5.04. The highest BCUT2D eigenvalue weighted by Crippen LogP contribution is 2.37. The first kappa shape index (κ1) is 18.2. The van der Waals surface area contributed by atoms with Crippen molar-refractivity contribution in [3.05, 3.63) is 121 Å². The van der Waals surface area contributed by atoms with Crippen LogP contribution in [0.1, 0.15) is 0 Å². The molecule has 0 N–H and O–H groups in total. The highest BCUT2D eigenvalue weighted by molar-refractivity contribution is 6.08. The molecule has 0 saturated heterocycles. The van der Waals surface area contributed by atoms with E-state index < -0.39 is 0 Å². The van der Waals surface area contributed by atoms with Crippen molar-refractivity contribution >= 4 is 38.2 Å². The maximum atomic E-state index is 4.76. The Kier molecular flexibility index (Phi) is 3.88. The summed E-state index contributed by atoms with van der Waals surface area (Å²) in [6.45, 7) is 0. The van der Waals surface area contributed by atoms with Crippen LogP contribution in [0.5, 0.6) is 0 Å². The number of hydrogen-bond donors (Lipinski definition) is 0. The molecule has 0 aliphatic carbocycles. The van der Waals surface area contributed by atoms with Crippen molar-refractivity contribution in [3.8, 4) is 22.3 Å². The van der Waals surface area contributed by atoms with Gasteiger partial charge in [0.1, 0.15) is 0 Å². The number of aromatic nitrogens is 2. The molecule has 0 bridgehead atoms. The number of para-hydroxylation sites is 3. The van der Waals surface area contributed by atoms with E-state index in [1.165, 1.54) is 43.9 Å². The Morgan fingerprint density at radius 2 is 1.15 bits per heavy atom. The predicted octanol–water partition coefficient (Wildman–Crippen LogP) is 8.13. The van der Waals surface area contributed by atoms with E-state index in [2.05, 4.69) is 114 Å². The van der Waals surface area contributed by atoms with Crippen LogP contribution in [0.15, 0.2) is 121 Å². The van der Waals surface area contributed by atoms with Gasteiger partial charge < -0.3 is 4.40 Å². The minimum absolute atomic E-state index is 1.00. The molecule has 7 aromatic rings. The van der Waals surface area contributed by atoms with Crippen LogP contribution in [0, 0.1) is 0 Å². The van der Waals surface area contributed by atoms with Crippen LogP contribution >= 0.6 is 0 Å². The van der Waals surface area contributed by atoms with Crippen molar-refractivity contribution in [1.82, 2.24) is 9.38 Å². The molecule has 0 amide bonds. The molecule has 154 valence electrons. The average molecular weight is 421 g/mol. The molecule has 7 rings (SSSR count). The van der Waals surface area contributed by atoms with Crippen LogP contribution < -0.4 is 0 Å². The molecule has 2 aromatic heterocycles. The Morgan fingerprint density at radius 3 is 2.03 bits per heavy atom. The summed E-state index contributed by atoms with van der Waals surface area (Å²) in [7, 11) is 0. The molecular weight excluding hydrogens is 400 g/mol. The molecule has 5 aromatic carbocycles. The summed E-state index contributed by atoms with van der Waals surface area (Å²) in [5.74, 6) is 0. The molecule has 0 fully saturated rings. The third kappa shape index (κ3) is 2.78. The second-order valence-electron chi connectivity index (χ2n) is 8.50. The summed E-state index contributed by atoms with van der Waals surface area (Å²) in [6.07, 6.45) is 2.01. The number of benzene rings is 5. The summed E-state index contributed by atoms with van der Waals surface area (Å²) in [6, 6.07) is 41.1. The van der Waals surface area contributed by atoms with E-state index in [1.54, 1.807) is 0 Å². The smallest absolute Gasteiger partial charge is 0.0871 e. The average Bonchev–Trinajstić information content (AvgIpc) is 3.23. The molecule has 2 heteroatoms. The van der Waals surface area contributed by atoms with Crippen LogP contribution in [0.3, 0.4) is 0 Å². The van der Waals surface area contributed by atoms with Crippen molar-refractivity contribution < 1.29 is 0 Å². The van der Waals surface area contributed by atoms with Gasteiger partial charge in [0, 0.05) is 10.9 Å². The molecule has 0 saturated carbocycles. The highest BCUT2D eigenvalue weighted by atomic mass is 14.9. The summed E-state index contributed by atoms with van der Waals surface area (Å²) < 4.78 is 2.34. The third-order valence-electron chi connectivity index (χ3n) is 6.62. The normalized spacial score (nSPS) is 11.6. The van der Waals surface area contributed by atoms with Crippen molar-refractivity contribution in [3.63, 3.8) is 0 Å². The lowest BCUT2D eigenvalue weighted by Crippen LogP contribution is -1.90. The summed E-state index contributed by atoms with van der Waals surface area (Å²) >= 11 is 0. The summed E-state index contributed by atoms with van der Waals surface area (Å²) in [5.41, 5.74) is 9.37. The van der Waals surface area contributed by atoms with Gasteiger partial charge in [-0.05, 0) is 51.7 Å². The highest BCUT2D eigenvalue weighted by Gasteiger charge is 2.15. The number of hydrogen-bond acceptors (Lipinski definition) is 1. The van der Waals surface area contributed by atoms with Gasteiger partial charge in [0.05, 0.1) is 28.3 Å². The van der Waals surface area contributed by atoms with Crippen LogP contribution in [0.2, 0.25) is 0 Å². The fraction of sp³-hybridized carbons (Fsp3) is 0. The van der Waals surface area contributed by atoms with E-state index in [0.717, 1.165) is 16.6 Å². The molecule has 0 radical (unpaired) electrons. The molecule has 0 spiro atoms. The third-order valence-corrected chi connectivity index (χ3v) is 6.62. The second-order valence-corrected chi connectivity index (χ2v) is 8.50. The van der Waals surface area contributed by atoms with Gasteiger partial charge in [-0.3, -0.25) is 4.98 Å². The molecule has 0 atom stereocenters. The number of rotatable bonds is 2. The molecule has 0 unspecified atom stereocenters. The molecule has 2 heterocycles. The van der Waals surface area contributed by atoms with Crippen LogP contribution in [0.4, 0.5) is 0 Å². The number of fused-ring (bicyclic) bond motifs is 6. The first-order valence-electron chi connectivity index (χ1n) is 11.2. The fourth-order valence-corrected chi connectivity index (χ4v) is 5.04. The van der Waals surface area contributed by atoms with Crippen molar-refractivity contribution in [2.45, 2.75) is 0 Å². The standard InChI is InChI=1S/C31H20N2/c1-2-8-24-19-25(18-15-21(24)7-1)22-13-16-23(17-14-22)31-26-9-3-5-11-28(26)33-29-12-6-4-10-27(29)32-20-30(31)33/h1-20H. The first-order valence-corrected chi connectivity index (χ1v) is 11.2. The molecule has 0 aliphatic rings. The van der Waals surface area contributed by atoms with Gasteiger partial charge in [-0.1, -0.05) is 91.0 Å². The van der Waals surface area contributed by atoms with Gasteiger partial charge in [-0.25, -0.2) is 0 Å². The number of nitrogens with zero attached hydrogens (tertiary/aromatic N) is 2. The predicted molar refractivity (Wildman–Crippen MR) is 139 cm³/mol. The van der Waals surface area contributed by atoms with Crippen LogP contribution in [-0.4, -0.2) is 9.38 Å². The van der Waals surface area contributed by atoms with Gasteiger partial charge in [0.2, 0.25) is 0 Å². The lowest BCUT2D eigenvalue weighted by Gasteiger charge is -2.07. The summed E-state index contributed by atoms with van der Waals surface area (Å²) in [5, 5.41) is 3.78.